The first kappa shape index (κ1) is 15.0. The maximum atomic E-state index is 11.9. The normalized spacial score (nSPS) is 11.7. The number of carbonyl (C=O) groups excluding carboxylic acids is 1. The Balaban J connectivity index is 1.89. The lowest BCUT2D eigenvalue weighted by molar-refractivity contribution is -0.115. The van der Waals surface area contributed by atoms with Gasteiger partial charge < -0.3 is 10.6 Å². The molecule has 2 rings (SSSR count). The number of hydrogen-bond donors (Lipinski definition) is 2. The number of nitrogens with zero attached hydrogens (tertiary/aromatic N) is 1. The molecule has 1 aromatic heterocycles. The number of amides is 1. The Kier molecular flexibility index (Phi) is 5.32. The van der Waals surface area contributed by atoms with E-state index < -0.39 is 0 Å². The molecule has 0 radical (unpaired) electrons. The largest absolute Gasteiger partial charge is 0.368 e. The topological polar surface area (TPSA) is 54.0 Å². The molecule has 0 saturated heterocycles. The fourth-order valence-electron chi connectivity index (χ4n) is 1.89. The minimum Gasteiger partial charge on any atom is -0.368 e. The Morgan fingerprint density at radius 2 is 1.95 bits per heavy atom. The first-order valence-electron chi connectivity index (χ1n) is 7.23. The molecule has 0 spiro atoms. The van der Waals surface area contributed by atoms with E-state index in [2.05, 4.69) is 29.5 Å². The monoisotopic (exact) mass is 283 g/mol. The highest BCUT2D eigenvalue weighted by atomic mass is 16.1. The number of nitrogens with one attached hydrogen (secondary N) is 2. The van der Waals surface area contributed by atoms with E-state index in [9.17, 15) is 4.79 Å². The molecule has 1 unspecified atom stereocenters. The van der Waals surface area contributed by atoms with Gasteiger partial charge in [0.25, 0.3) is 0 Å². The van der Waals surface area contributed by atoms with Crippen LogP contribution in [0.4, 0.5) is 11.5 Å². The second-order valence-corrected chi connectivity index (χ2v) is 5.10. The van der Waals surface area contributed by atoms with Gasteiger partial charge in [0.15, 0.2) is 0 Å². The zero-order chi connectivity index (χ0) is 15.1. The minimum atomic E-state index is -0.0364. The van der Waals surface area contributed by atoms with Gasteiger partial charge in [-0.1, -0.05) is 37.3 Å². The van der Waals surface area contributed by atoms with Crippen LogP contribution in [0.1, 0.15) is 25.8 Å². The van der Waals surface area contributed by atoms with Gasteiger partial charge in [-0.2, -0.15) is 0 Å². The number of anilines is 2. The van der Waals surface area contributed by atoms with Gasteiger partial charge in [-0.25, -0.2) is 4.98 Å². The van der Waals surface area contributed by atoms with Crippen LogP contribution >= 0.6 is 0 Å². The van der Waals surface area contributed by atoms with Crippen LogP contribution in [0.3, 0.4) is 0 Å². The molecule has 0 saturated carbocycles. The molecule has 2 aromatic rings. The molecule has 110 valence electrons. The van der Waals surface area contributed by atoms with Crippen LogP contribution in [0, 0.1) is 0 Å². The fraction of sp³-hybridized carbons (Fsp3) is 0.294. The van der Waals surface area contributed by atoms with Crippen LogP contribution < -0.4 is 10.6 Å². The molecule has 21 heavy (non-hydrogen) atoms. The number of pyridine rings is 1. The van der Waals surface area contributed by atoms with Crippen LogP contribution in [-0.4, -0.2) is 16.9 Å². The lowest BCUT2D eigenvalue weighted by Gasteiger charge is -2.12. The lowest BCUT2D eigenvalue weighted by Crippen LogP contribution is -2.16. The summed E-state index contributed by atoms with van der Waals surface area (Å²) in [5.41, 5.74) is 1.71. The van der Waals surface area contributed by atoms with E-state index in [4.69, 9.17) is 0 Å². The van der Waals surface area contributed by atoms with E-state index in [1.807, 2.05) is 42.5 Å². The molecule has 4 nitrogen and oxygen atoms in total. The Bertz CT molecular complexity index is 566. The maximum Gasteiger partial charge on any atom is 0.228 e. The van der Waals surface area contributed by atoms with Crippen molar-refractivity contribution in [2.45, 2.75) is 32.7 Å². The Hall–Kier alpha value is -2.36. The third kappa shape index (κ3) is 4.91. The van der Waals surface area contributed by atoms with Gasteiger partial charge in [-0.15, -0.1) is 0 Å². The number of benzene rings is 1. The number of carbonyl (C=O) groups is 1. The van der Waals surface area contributed by atoms with Gasteiger partial charge in [0.05, 0.1) is 18.3 Å². The first-order valence-corrected chi connectivity index (χ1v) is 7.23. The van der Waals surface area contributed by atoms with Crippen molar-refractivity contribution in [2.24, 2.45) is 0 Å². The second-order valence-electron chi connectivity index (χ2n) is 5.10. The van der Waals surface area contributed by atoms with E-state index in [0.717, 1.165) is 17.8 Å². The molecule has 1 heterocycles. The standard InChI is InChI=1S/C17H21N3O/c1-3-13(2)19-16-10-9-15(12-18-16)20-17(21)11-14-7-5-4-6-8-14/h4-10,12-13H,3,11H2,1-2H3,(H,18,19)(H,20,21). The van der Waals surface area contributed by atoms with Crippen LogP contribution in [0.5, 0.6) is 0 Å². The number of aromatic nitrogens is 1. The SMILES string of the molecule is CCC(C)Nc1ccc(NC(=O)Cc2ccccc2)cn1. The summed E-state index contributed by atoms with van der Waals surface area (Å²) >= 11 is 0. The first-order chi connectivity index (χ1) is 10.2. The molecule has 0 aliphatic heterocycles. The molecule has 4 heteroatoms. The number of hydrogen-bond acceptors (Lipinski definition) is 3. The van der Waals surface area contributed by atoms with Gasteiger partial charge in [-0.3, -0.25) is 4.79 Å². The summed E-state index contributed by atoms with van der Waals surface area (Å²) in [5.74, 6) is 0.788. The van der Waals surface area contributed by atoms with Crippen molar-refractivity contribution >= 4 is 17.4 Å². The average Bonchev–Trinajstić information content (AvgIpc) is 2.50. The zero-order valence-electron chi connectivity index (χ0n) is 12.5. The predicted molar refractivity (Wildman–Crippen MR) is 86.4 cm³/mol. The number of rotatable bonds is 6. The van der Waals surface area contributed by atoms with Crippen molar-refractivity contribution in [3.05, 3.63) is 54.2 Å². The average molecular weight is 283 g/mol. The van der Waals surface area contributed by atoms with Crippen molar-refractivity contribution in [3.63, 3.8) is 0 Å². The van der Waals surface area contributed by atoms with Crippen molar-refractivity contribution in [3.8, 4) is 0 Å². The highest BCUT2D eigenvalue weighted by Crippen LogP contribution is 2.12. The predicted octanol–water partition coefficient (Wildman–Crippen LogP) is 3.47. The van der Waals surface area contributed by atoms with Gasteiger partial charge in [-0.05, 0) is 31.0 Å². The van der Waals surface area contributed by atoms with Gasteiger partial charge >= 0.3 is 0 Å². The summed E-state index contributed by atoms with van der Waals surface area (Å²) in [7, 11) is 0. The third-order valence-electron chi connectivity index (χ3n) is 3.26. The Labute approximate surface area is 125 Å². The van der Waals surface area contributed by atoms with E-state index in [1.165, 1.54) is 0 Å². The van der Waals surface area contributed by atoms with E-state index in [-0.39, 0.29) is 5.91 Å². The summed E-state index contributed by atoms with van der Waals surface area (Å²) in [5, 5.41) is 6.14. The molecular formula is C17H21N3O. The highest BCUT2D eigenvalue weighted by Gasteiger charge is 2.05. The third-order valence-corrected chi connectivity index (χ3v) is 3.26. The van der Waals surface area contributed by atoms with Crippen LogP contribution in [-0.2, 0) is 11.2 Å². The van der Waals surface area contributed by atoms with Crippen molar-refractivity contribution in [1.82, 2.24) is 4.98 Å². The quantitative estimate of drug-likeness (QED) is 0.853. The summed E-state index contributed by atoms with van der Waals surface area (Å²) in [4.78, 5) is 16.2. The molecule has 0 aliphatic carbocycles. The second kappa shape index (κ2) is 7.43. The summed E-state index contributed by atoms with van der Waals surface area (Å²) in [6.45, 7) is 4.23. The van der Waals surface area contributed by atoms with E-state index in [0.29, 0.717) is 18.2 Å². The fourth-order valence-corrected chi connectivity index (χ4v) is 1.89. The smallest absolute Gasteiger partial charge is 0.228 e. The molecule has 0 bridgehead atoms. The molecule has 2 N–H and O–H groups in total. The highest BCUT2D eigenvalue weighted by molar-refractivity contribution is 5.92. The zero-order valence-corrected chi connectivity index (χ0v) is 12.5. The van der Waals surface area contributed by atoms with E-state index in [1.54, 1.807) is 6.20 Å². The Morgan fingerprint density at radius 1 is 1.19 bits per heavy atom. The Morgan fingerprint density at radius 3 is 2.57 bits per heavy atom. The van der Waals surface area contributed by atoms with E-state index >= 15 is 0 Å². The minimum absolute atomic E-state index is 0.0364. The van der Waals surface area contributed by atoms with Gasteiger partial charge in [0, 0.05) is 6.04 Å². The van der Waals surface area contributed by atoms with Crippen LogP contribution in [0.25, 0.3) is 0 Å². The maximum absolute atomic E-state index is 11.9. The van der Waals surface area contributed by atoms with Crippen molar-refractivity contribution < 1.29 is 4.79 Å². The summed E-state index contributed by atoms with van der Waals surface area (Å²) < 4.78 is 0. The van der Waals surface area contributed by atoms with Crippen molar-refractivity contribution in [1.29, 1.82) is 0 Å². The molecule has 1 aromatic carbocycles. The molecule has 1 amide bonds. The summed E-state index contributed by atoms with van der Waals surface area (Å²) in [6, 6.07) is 13.8. The summed E-state index contributed by atoms with van der Waals surface area (Å²) in [6.07, 6.45) is 3.08. The molecule has 0 aliphatic rings. The van der Waals surface area contributed by atoms with Crippen LogP contribution in [0.15, 0.2) is 48.7 Å². The van der Waals surface area contributed by atoms with Crippen LogP contribution in [0.2, 0.25) is 0 Å². The molecule has 0 fully saturated rings. The van der Waals surface area contributed by atoms with Gasteiger partial charge in [0.1, 0.15) is 5.82 Å². The van der Waals surface area contributed by atoms with Crippen molar-refractivity contribution in [2.75, 3.05) is 10.6 Å². The lowest BCUT2D eigenvalue weighted by atomic mass is 10.1. The molecular weight excluding hydrogens is 262 g/mol. The molecule has 1 atom stereocenters. The van der Waals surface area contributed by atoms with Gasteiger partial charge in [0.2, 0.25) is 5.91 Å².